The Hall–Kier alpha value is -2.99. The van der Waals surface area contributed by atoms with Crippen LogP contribution >= 0.6 is 0 Å². The smallest absolute Gasteiger partial charge is 0.220 e. The zero-order valence-corrected chi connectivity index (χ0v) is 19.8. The van der Waals surface area contributed by atoms with Gasteiger partial charge < -0.3 is 15.2 Å². The van der Waals surface area contributed by atoms with Gasteiger partial charge in [0.15, 0.2) is 0 Å². The number of carbonyl (C=O) groups excluding carboxylic acids is 1. The fraction of sp³-hybridized carbons (Fsp3) is 0.370. The van der Waals surface area contributed by atoms with Gasteiger partial charge in [0.25, 0.3) is 0 Å². The molecule has 1 atom stereocenters. The number of aromatic nitrogens is 1. The van der Waals surface area contributed by atoms with Crippen molar-refractivity contribution in [3.05, 3.63) is 83.7 Å². The van der Waals surface area contributed by atoms with E-state index in [1.807, 2.05) is 52.1 Å². The van der Waals surface area contributed by atoms with Gasteiger partial charge in [-0.2, -0.15) is 0 Å². The Kier molecular flexibility index (Phi) is 7.69. The number of hydrogen-bond acceptors (Lipinski definition) is 2. The fourth-order valence-corrected chi connectivity index (χ4v) is 4.34. The highest BCUT2D eigenvalue weighted by atomic mass is 19.1. The molecule has 2 N–H and O–H groups in total. The lowest BCUT2D eigenvalue weighted by molar-refractivity contribution is -0.134. The first-order valence-electron chi connectivity index (χ1n) is 11.3. The minimum atomic E-state index is -0.496. The Morgan fingerprint density at radius 2 is 1.79 bits per heavy atom. The Morgan fingerprint density at radius 1 is 1.09 bits per heavy atom. The van der Waals surface area contributed by atoms with Crippen molar-refractivity contribution in [2.45, 2.75) is 46.7 Å². The van der Waals surface area contributed by atoms with Gasteiger partial charge >= 0.3 is 0 Å². The summed E-state index contributed by atoms with van der Waals surface area (Å²) in [7, 11) is 0. The average Bonchev–Trinajstić information content (AvgIpc) is 3.15. The van der Waals surface area contributed by atoms with Crippen LogP contribution in [0.4, 0.5) is 8.78 Å². The molecule has 0 spiro atoms. The van der Waals surface area contributed by atoms with Crippen molar-refractivity contribution in [1.29, 1.82) is 0 Å². The zero-order valence-electron chi connectivity index (χ0n) is 19.8. The van der Waals surface area contributed by atoms with E-state index in [9.17, 15) is 13.6 Å². The van der Waals surface area contributed by atoms with Gasteiger partial charge in [-0.3, -0.25) is 4.79 Å². The maximum atomic E-state index is 14.7. The summed E-state index contributed by atoms with van der Waals surface area (Å²) in [5.74, 6) is -1.03. The van der Waals surface area contributed by atoms with E-state index in [1.54, 1.807) is 6.92 Å². The molecule has 6 heteroatoms. The first kappa shape index (κ1) is 24.6. The summed E-state index contributed by atoms with van der Waals surface area (Å²) in [6.07, 6.45) is 2.52. The number of nitrogens with two attached hydrogens (primary N) is 1. The lowest BCUT2D eigenvalue weighted by Gasteiger charge is -2.40. The van der Waals surface area contributed by atoms with Crippen LogP contribution in [0, 0.1) is 17.0 Å². The second-order valence-electron chi connectivity index (χ2n) is 9.51. The second-order valence-corrected chi connectivity index (χ2v) is 9.51. The molecule has 0 aliphatic rings. The Bertz CT molecular complexity index is 1090. The number of rotatable bonds is 8. The topological polar surface area (TPSA) is 51.3 Å². The number of halogens is 2. The van der Waals surface area contributed by atoms with Crippen LogP contribution in [-0.2, 0) is 11.3 Å². The van der Waals surface area contributed by atoms with E-state index >= 15 is 0 Å². The van der Waals surface area contributed by atoms with Gasteiger partial charge in [-0.05, 0) is 48.2 Å². The van der Waals surface area contributed by atoms with Gasteiger partial charge in [0.05, 0.1) is 6.04 Å². The van der Waals surface area contributed by atoms with Crippen LogP contribution in [-0.4, -0.2) is 28.5 Å². The van der Waals surface area contributed by atoms with Gasteiger partial charge in [0.2, 0.25) is 5.91 Å². The van der Waals surface area contributed by atoms with Gasteiger partial charge in [0, 0.05) is 43.0 Å². The molecule has 3 rings (SSSR count). The number of benzene rings is 2. The Balaban J connectivity index is 2.19. The molecular weight excluding hydrogens is 420 g/mol. The molecular formula is C27H33F2N3O. The van der Waals surface area contributed by atoms with Crippen LogP contribution < -0.4 is 5.73 Å². The summed E-state index contributed by atoms with van der Waals surface area (Å²) in [5.41, 5.74) is 8.16. The van der Waals surface area contributed by atoms with Gasteiger partial charge in [-0.1, -0.05) is 51.1 Å². The van der Waals surface area contributed by atoms with E-state index in [-0.39, 0.29) is 22.9 Å². The van der Waals surface area contributed by atoms with Crippen molar-refractivity contribution in [1.82, 2.24) is 9.47 Å². The molecule has 0 bridgehead atoms. The van der Waals surface area contributed by atoms with Crippen molar-refractivity contribution in [3.8, 4) is 11.1 Å². The van der Waals surface area contributed by atoms with Crippen LogP contribution in [0.2, 0.25) is 0 Å². The molecule has 2 aromatic carbocycles. The Labute approximate surface area is 195 Å². The second kappa shape index (κ2) is 10.3. The highest BCUT2D eigenvalue weighted by Crippen LogP contribution is 2.41. The molecule has 1 amide bonds. The van der Waals surface area contributed by atoms with Crippen LogP contribution in [0.25, 0.3) is 11.1 Å². The monoisotopic (exact) mass is 453 g/mol. The van der Waals surface area contributed by atoms with Crippen molar-refractivity contribution >= 4 is 5.91 Å². The molecule has 0 aliphatic carbocycles. The molecule has 0 saturated carbocycles. The Morgan fingerprint density at radius 3 is 2.39 bits per heavy atom. The van der Waals surface area contributed by atoms with Gasteiger partial charge in [0.1, 0.15) is 11.6 Å². The number of nitrogens with zero attached hydrogens (tertiary/aromatic N) is 2. The normalized spacial score (nSPS) is 12.6. The zero-order chi connectivity index (χ0) is 24.2. The molecule has 33 heavy (non-hydrogen) atoms. The molecule has 0 aliphatic heterocycles. The SMILES string of the molecule is CC(=O)N(CCCN)[C@H](c1cc(-c2cc(F)ccc2F)cn1Cc1ccccc1)C(C)(C)C. The summed E-state index contributed by atoms with van der Waals surface area (Å²) >= 11 is 0. The molecule has 0 saturated heterocycles. The quantitative estimate of drug-likeness (QED) is 0.471. The van der Waals surface area contributed by atoms with Crippen LogP contribution in [0.3, 0.4) is 0 Å². The van der Waals surface area contributed by atoms with Gasteiger partial charge in [-0.25, -0.2) is 8.78 Å². The first-order chi connectivity index (χ1) is 15.6. The number of hydrogen-bond donors (Lipinski definition) is 1. The summed E-state index contributed by atoms with van der Waals surface area (Å²) in [6.45, 7) is 9.35. The highest BCUT2D eigenvalue weighted by molar-refractivity contribution is 5.74. The average molecular weight is 454 g/mol. The van der Waals surface area contributed by atoms with Crippen molar-refractivity contribution in [2.24, 2.45) is 11.1 Å². The minimum Gasteiger partial charge on any atom is -0.344 e. The van der Waals surface area contributed by atoms with E-state index < -0.39 is 11.6 Å². The predicted octanol–water partition coefficient (Wildman–Crippen LogP) is 5.77. The summed E-state index contributed by atoms with van der Waals surface area (Å²) in [4.78, 5) is 14.6. The summed E-state index contributed by atoms with van der Waals surface area (Å²) in [5, 5.41) is 0. The third kappa shape index (κ3) is 5.88. The standard InChI is InChI=1S/C27H33F2N3O/c1-19(33)32(14-8-13-30)26(27(2,3)4)25-15-21(23-16-22(28)11-12-24(23)29)18-31(25)17-20-9-6-5-7-10-20/h5-7,9-12,15-16,18,26H,8,13-14,17,30H2,1-4H3/t26-/m1/s1. The molecule has 176 valence electrons. The van der Waals surface area contributed by atoms with E-state index in [2.05, 4.69) is 20.8 Å². The van der Waals surface area contributed by atoms with Crippen molar-refractivity contribution in [3.63, 3.8) is 0 Å². The van der Waals surface area contributed by atoms with E-state index in [0.717, 1.165) is 23.4 Å². The molecule has 3 aromatic rings. The van der Waals surface area contributed by atoms with E-state index in [0.29, 0.717) is 31.6 Å². The fourth-order valence-electron chi connectivity index (χ4n) is 4.34. The summed E-state index contributed by atoms with van der Waals surface area (Å²) in [6, 6.07) is 15.0. The summed E-state index contributed by atoms with van der Waals surface area (Å²) < 4.78 is 30.7. The van der Waals surface area contributed by atoms with Gasteiger partial charge in [-0.15, -0.1) is 0 Å². The molecule has 0 unspecified atom stereocenters. The molecule has 1 aromatic heterocycles. The number of carbonyl (C=O) groups is 1. The maximum absolute atomic E-state index is 14.7. The lowest BCUT2D eigenvalue weighted by atomic mass is 9.83. The van der Waals surface area contributed by atoms with Crippen LogP contribution in [0.5, 0.6) is 0 Å². The predicted molar refractivity (Wildman–Crippen MR) is 129 cm³/mol. The molecule has 1 heterocycles. The lowest BCUT2D eigenvalue weighted by Crippen LogP contribution is -2.42. The van der Waals surface area contributed by atoms with E-state index in [4.69, 9.17) is 5.73 Å². The van der Waals surface area contributed by atoms with Crippen LogP contribution in [0.15, 0.2) is 60.8 Å². The molecule has 0 radical (unpaired) electrons. The molecule has 4 nitrogen and oxygen atoms in total. The van der Waals surface area contributed by atoms with E-state index in [1.165, 1.54) is 6.07 Å². The first-order valence-corrected chi connectivity index (χ1v) is 11.3. The minimum absolute atomic E-state index is 0.0469. The third-order valence-electron chi connectivity index (χ3n) is 5.78. The maximum Gasteiger partial charge on any atom is 0.220 e. The number of amides is 1. The largest absolute Gasteiger partial charge is 0.344 e. The van der Waals surface area contributed by atoms with Crippen molar-refractivity contribution < 1.29 is 13.6 Å². The highest BCUT2D eigenvalue weighted by Gasteiger charge is 2.36. The van der Waals surface area contributed by atoms with Crippen molar-refractivity contribution in [2.75, 3.05) is 13.1 Å². The third-order valence-corrected chi connectivity index (χ3v) is 5.78. The van der Waals surface area contributed by atoms with Crippen LogP contribution in [0.1, 0.15) is 51.4 Å². The molecule has 0 fully saturated rings.